The summed E-state index contributed by atoms with van der Waals surface area (Å²) in [5, 5.41) is 10.7. The Morgan fingerprint density at radius 3 is 2.50 bits per heavy atom. The second kappa shape index (κ2) is 5.52. The number of aryl methyl sites for hydroxylation is 2. The molecule has 0 heterocycles. The van der Waals surface area contributed by atoms with E-state index in [0.29, 0.717) is 17.8 Å². The lowest BCUT2D eigenvalue weighted by molar-refractivity contribution is -0.384. The molecule has 0 aromatic heterocycles. The molecule has 2 aromatic carbocycles. The van der Waals surface area contributed by atoms with Gasteiger partial charge in [0.15, 0.2) is 6.29 Å². The molecule has 102 valence electrons. The number of benzene rings is 2. The summed E-state index contributed by atoms with van der Waals surface area (Å²) in [4.78, 5) is 21.2. The van der Waals surface area contributed by atoms with Crippen molar-refractivity contribution in [1.29, 1.82) is 0 Å². The zero-order chi connectivity index (χ0) is 14.7. The maximum absolute atomic E-state index is 11.0. The molecular formula is C15H13NO4. The van der Waals surface area contributed by atoms with Crippen LogP contribution in [-0.2, 0) is 0 Å². The first-order valence-electron chi connectivity index (χ1n) is 6.00. The number of nitro benzene ring substituents is 1. The average molecular weight is 271 g/mol. The van der Waals surface area contributed by atoms with Gasteiger partial charge < -0.3 is 4.74 Å². The van der Waals surface area contributed by atoms with E-state index in [0.717, 1.165) is 11.1 Å². The van der Waals surface area contributed by atoms with Crippen molar-refractivity contribution in [3.63, 3.8) is 0 Å². The second-order valence-electron chi connectivity index (χ2n) is 4.47. The highest BCUT2D eigenvalue weighted by Crippen LogP contribution is 2.30. The number of aldehydes is 1. The lowest BCUT2D eigenvalue weighted by atomic mass is 10.1. The van der Waals surface area contributed by atoms with E-state index >= 15 is 0 Å². The molecule has 0 atom stereocenters. The van der Waals surface area contributed by atoms with Crippen LogP contribution < -0.4 is 4.74 Å². The molecule has 20 heavy (non-hydrogen) atoms. The Labute approximate surface area is 116 Å². The van der Waals surface area contributed by atoms with E-state index in [9.17, 15) is 14.9 Å². The molecule has 0 amide bonds. The molecule has 0 radical (unpaired) electrons. The van der Waals surface area contributed by atoms with E-state index in [-0.39, 0.29) is 11.3 Å². The summed E-state index contributed by atoms with van der Waals surface area (Å²) in [5.74, 6) is 0.932. The van der Waals surface area contributed by atoms with E-state index in [1.807, 2.05) is 32.0 Å². The minimum atomic E-state index is -0.547. The zero-order valence-corrected chi connectivity index (χ0v) is 11.1. The first-order chi connectivity index (χ1) is 9.51. The smallest absolute Gasteiger partial charge is 0.270 e. The molecule has 0 N–H and O–H groups in total. The van der Waals surface area contributed by atoms with E-state index in [4.69, 9.17) is 4.74 Å². The predicted molar refractivity (Wildman–Crippen MR) is 74.5 cm³/mol. The summed E-state index contributed by atoms with van der Waals surface area (Å²) in [6.07, 6.45) is 0.549. The van der Waals surface area contributed by atoms with Crippen LogP contribution in [0.2, 0.25) is 0 Å². The van der Waals surface area contributed by atoms with Crippen molar-refractivity contribution in [2.45, 2.75) is 13.8 Å². The van der Waals surface area contributed by atoms with Gasteiger partial charge in [0.2, 0.25) is 0 Å². The molecule has 0 aliphatic carbocycles. The fourth-order valence-electron chi connectivity index (χ4n) is 1.77. The molecule has 0 aliphatic rings. The van der Waals surface area contributed by atoms with E-state index in [2.05, 4.69) is 0 Å². The molecule has 5 nitrogen and oxygen atoms in total. The molecule has 0 spiro atoms. The Hall–Kier alpha value is -2.69. The number of rotatable bonds is 4. The highest BCUT2D eigenvalue weighted by atomic mass is 16.6. The van der Waals surface area contributed by atoms with Crippen LogP contribution in [0.4, 0.5) is 5.69 Å². The van der Waals surface area contributed by atoms with Gasteiger partial charge in [-0.2, -0.15) is 0 Å². The minimum absolute atomic E-state index is 0.139. The van der Waals surface area contributed by atoms with Gasteiger partial charge in [-0.15, -0.1) is 0 Å². The molecule has 2 rings (SSSR count). The monoisotopic (exact) mass is 271 g/mol. The molecule has 2 aromatic rings. The topological polar surface area (TPSA) is 69.4 Å². The first-order valence-corrected chi connectivity index (χ1v) is 6.00. The fourth-order valence-corrected chi connectivity index (χ4v) is 1.77. The molecule has 0 fully saturated rings. The largest absolute Gasteiger partial charge is 0.456 e. The van der Waals surface area contributed by atoms with Gasteiger partial charge in [-0.25, -0.2) is 0 Å². The van der Waals surface area contributed by atoms with Gasteiger partial charge in [0.05, 0.1) is 10.5 Å². The van der Waals surface area contributed by atoms with Crippen LogP contribution in [0.5, 0.6) is 11.5 Å². The van der Waals surface area contributed by atoms with Gasteiger partial charge in [-0.05, 0) is 37.1 Å². The number of hydrogen-bond donors (Lipinski definition) is 0. The van der Waals surface area contributed by atoms with E-state index in [1.54, 1.807) is 0 Å². The van der Waals surface area contributed by atoms with Crippen molar-refractivity contribution in [1.82, 2.24) is 0 Å². The van der Waals surface area contributed by atoms with Gasteiger partial charge in [0, 0.05) is 12.1 Å². The summed E-state index contributed by atoms with van der Waals surface area (Å²) in [6, 6.07) is 9.67. The number of nitro groups is 1. The third-order valence-corrected chi connectivity index (χ3v) is 2.89. The average Bonchev–Trinajstić information content (AvgIpc) is 2.43. The van der Waals surface area contributed by atoms with Gasteiger partial charge in [-0.3, -0.25) is 14.9 Å². The van der Waals surface area contributed by atoms with Crippen molar-refractivity contribution in [3.05, 3.63) is 63.2 Å². The summed E-state index contributed by atoms with van der Waals surface area (Å²) in [6.45, 7) is 3.82. The molecular weight excluding hydrogens is 258 g/mol. The van der Waals surface area contributed by atoms with Crippen molar-refractivity contribution in [3.8, 4) is 11.5 Å². The SMILES string of the molecule is Cc1ccc(C)c(Oc2ccc([N+](=O)[O-])cc2C=O)c1. The third-order valence-electron chi connectivity index (χ3n) is 2.89. The van der Waals surface area contributed by atoms with Crippen LogP contribution in [0, 0.1) is 24.0 Å². The second-order valence-corrected chi connectivity index (χ2v) is 4.47. The van der Waals surface area contributed by atoms with Crippen molar-refractivity contribution < 1.29 is 14.5 Å². The number of carbonyl (C=O) groups excluding carboxylic acids is 1. The summed E-state index contributed by atoms with van der Waals surface area (Å²) >= 11 is 0. The predicted octanol–water partition coefficient (Wildman–Crippen LogP) is 3.82. The molecule has 0 aliphatic heterocycles. The maximum Gasteiger partial charge on any atom is 0.270 e. The quantitative estimate of drug-likeness (QED) is 0.481. The number of non-ortho nitro benzene ring substituents is 1. The van der Waals surface area contributed by atoms with Crippen molar-refractivity contribution in [2.75, 3.05) is 0 Å². The number of nitrogens with zero attached hydrogens (tertiary/aromatic N) is 1. The van der Waals surface area contributed by atoms with E-state index < -0.39 is 4.92 Å². The number of carbonyl (C=O) groups is 1. The Balaban J connectivity index is 2.40. The van der Waals surface area contributed by atoms with Gasteiger partial charge in [0.25, 0.3) is 5.69 Å². The van der Waals surface area contributed by atoms with Crippen LogP contribution >= 0.6 is 0 Å². The van der Waals surface area contributed by atoms with Crippen molar-refractivity contribution in [2.24, 2.45) is 0 Å². The molecule has 5 heteroatoms. The van der Waals surface area contributed by atoms with Gasteiger partial charge >= 0.3 is 0 Å². The highest BCUT2D eigenvalue weighted by molar-refractivity contribution is 5.81. The van der Waals surface area contributed by atoms with Crippen LogP contribution in [0.1, 0.15) is 21.5 Å². The maximum atomic E-state index is 11.0. The number of hydrogen-bond acceptors (Lipinski definition) is 4. The lowest BCUT2D eigenvalue weighted by Crippen LogP contribution is -1.95. The summed E-state index contributed by atoms with van der Waals surface area (Å²) in [7, 11) is 0. The molecule has 0 saturated heterocycles. The van der Waals surface area contributed by atoms with Crippen LogP contribution in [0.25, 0.3) is 0 Å². The van der Waals surface area contributed by atoms with Crippen molar-refractivity contribution >= 4 is 12.0 Å². The van der Waals surface area contributed by atoms with Crippen LogP contribution in [0.3, 0.4) is 0 Å². The normalized spacial score (nSPS) is 10.1. The molecule has 0 bridgehead atoms. The fraction of sp³-hybridized carbons (Fsp3) is 0.133. The lowest BCUT2D eigenvalue weighted by Gasteiger charge is -2.11. The molecule has 0 unspecified atom stereocenters. The van der Waals surface area contributed by atoms with E-state index in [1.165, 1.54) is 18.2 Å². The van der Waals surface area contributed by atoms with Crippen LogP contribution in [0.15, 0.2) is 36.4 Å². The molecule has 0 saturated carbocycles. The van der Waals surface area contributed by atoms with Gasteiger partial charge in [0.1, 0.15) is 11.5 Å². The Morgan fingerprint density at radius 2 is 1.85 bits per heavy atom. The van der Waals surface area contributed by atoms with Crippen LogP contribution in [-0.4, -0.2) is 11.2 Å². The Morgan fingerprint density at radius 1 is 1.10 bits per heavy atom. The highest BCUT2D eigenvalue weighted by Gasteiger charge is 2.12. The first kappa shape index (κ1) is 13.7. The third kappa shape index (κ3) is 2.83. The summed E-state index contributed by atoms with van der Waals surface area (Å²) in [5.41, 5.74) is 1.96. The zero-order valence-electron chi connectivity index (χ0n) is 11.1. The minimum Gasteiger partial charge on any atom is -0.456 e. The van der Waals surface area contributed by atoms with Gasteiger partial charge in [-0.1, -0.05) is 12.1 Å². The Bertz CT molecular complexity index is 680. The standard InChI is InChI=1S/C15H13NO4/c1-10-3-4-11(2)15(7-10)20-14-6-5-13(16(18)19)8-12(14)9-17/h3-9H,1-2H3. The number of ether oxygens (including phenoxy) is 1. The Kier molecular flexibility index (Phi) is 3.79. The summed E-state index contributed by atoms with van der Waals surface area (Å²) < 4.78 is 5.69.